The van der Waals surface area contributed by atoms with E-state index in [-0.39, 0.29) is 18.2 Å². The van der Waals surface area contributed by atoms with E-state index in [1.807, 2.05) is 55.6 Å². The summed E-state index contributed by atoms with van der Waals surface area (Å²) in [6.45, 7) is 9.98. The van der Waals surface area contributed by atoms with Crippen molar-refractivity contribution in [1.29, 1.82) is 0 Å². The van der Waals surface area contributed by atoms with Gasteiger partial charge in [0.25, 0.3) is 0 Å². The molecule has 30 heavy (non-hydrogen) atoms. The first-order chi connectivity index (χ1) is 14.2. The predicted octanol–water partition coefficient (Wildman–Crippen LogP) is 4.08. The van der Waals surface area contributed by atoms with Crippen LogP contribution in [-0.4, -0.2) is 32.4 Å². The summed E-state index contributed by atoms with van der Waals surface area (Å²) in [5, 5.41) is 12.1. The Morgan fingerprint density at radius 1 is 1.10 bits per heavy atom. The van der Waals surface area contributed by atoms with Crippen LogP contribution in [0, 0.1) is 26.7 Å². The molecule has 0 aliphatic rings. The molecule has 1 atom stereocenters. The fourth-order valence-electron chi connectivity index (χ4n) is 3.58. The number of benzene rings is 1. The van der Waals surface area contributed by atoms with Crippen molar-refractivity contribution in [3.63, 3.8) is 0 Å². The highest BCUT2D eigenvalue weighted by molar-refractivity contribution is 5.86. The van der Waals surface area contributed by atoms with E-state index in [1.54, 1.807) is 0 Å². The van der Waals surface area contributed by atoms with Crippen LogP contribution in [0.1, 0.15) is 42.7 Å². The van der Waals surface area contributed by atoms with E-state index in [1.165, 1.54) is 5.56 Å². The molecule has 2 heterocycles. The highest BCUT2D eigenvalue weighted by Crippen LogP contribution is 2.27. The summed E-state index contributed by atoms with van der Waals surface area (Å²) in [6.07, 6.45) is 2.35. The Balaban J connectivity index is 2.00. The van der Waals surface area contributed by atoms with Crippen LogP contribution >= 0.6 is 0 Å². The van der Waals surface area contributed by atoms with Crippen LogP contribution in [0.4, 0.5) is 0 Å². The second-order valence-electron chi connectivity index (χ2n) is 8.40. The lowest BCUT2D eigenvalue weighted by Gasteiger charge is -2.16. The second-order valence-corrected chi connectivity index (χ2v) is 8.40. The molecule has 1 aromatic carbocycles. The van der Waals surface area contributed by atoms with Crippen LogP contribution < -0.4 is 5.32 Å². The number of rotatable bonds is 7. The first kappa shape index (κ1) is 21.6. The molecule has 1 unspecified atom stereocenters. The molecule has 0 saturated heterocycles. The number of fused-ring (bicyclic) bond motifs is 1. The summed E-state index contributed by atoms with van der Waals surface area (Å²) in [5.74, 6) is -1.17. The van der Waals surface area contributed by atoms with Gasteiger partial charge in [0.05, 0.1) is 17.8 Å². The Kier molecular flexibility index (Phi) is 6.25. The maximum absolute atomic E-state index is 12.8. The summed E-state index contributed by atoms with van der Waals surface area (Å²) in [5.41, 5.74) is 6.63. The number of carboxylic acids is 1. The molecule has 0 aliphatic carbocycles. The molecule has 1 amide bonds. The van der Waals surface area contributed by atoms with Crippen LogP contribution in [-0.2, 0) is 16.0 Å². The molecule has 3 aromatic rings. The summed E-state index contributed by atoms with van der Waals surface area (Å²) in [6, 6.07) is 9.18. The van der Waals surface area contributed by atoms with Gasteiger partial charge in [0, 0.05) is 11.8 Å². The molecule has 0 fully saturated rings. The van der Waals surface area contributed by atoms with Gasteiger partial charge in [-0.25, -0.2) is 9.78 Å². The standard InChI is InChI=1S/C24H29N3O3/c1-14(2)10-19(24(29)30)25-22(28)13-20-23(18-7-6-16(4)17(5)12-18)26-21-11-15(3)8-9-27(20)21/h6-9,11-12,14,19H,10,13H2,1-5H3,(H,25,28)(H,29,30). The molecule has 6 nitrogen and oxygen atoms in total. The third-order valence-electron chi connectivity index (χ3n) is 5.33. The van der Waals surface area contributed by atoms with Crippen LogP contribution in [0.5, 0.6) is 0 Å². The molecule has 0 aliphatic heterocycles. The third-order valence-corrected chi connectivity index (χ3v) is 5.33. The molecule has 0 spiro atoms. The topological polar surface area (TPSA) is 83.7 Å². The Hall–Kier alpha value is -3.15. The van der Waals surface area contributed by atoms with Gasteiger partial charge in [0.15, 0.2) is 0 Å². The first-order valence-corrected chi connectivity index (χ1v) is 10.2. The normalized spacial score (nSPS) is 12.3. The predicted molar refractivity (Wildman–Crippen MR) is 118 cm³/mol. The monoisotopic (exact) mass is 407 g/mol. The molecule has 158 valence electrons. The van der Waals surface area contributed by atoms with Crippen molar-refractivity contribution in [3.05, 3.63) is 58.9 Å². The van der Waals surface area contributed by atoms with Crippen molar-refractivity contribution in [1.82, 2.24) is 14.7 Å². The van der Waals surface area contributed by atoms with E-state index in [0.717, 1.165) is 33.7 Å². The Bertz CT molecular complexity index is 1100. The van der Waals surface area contributed by atoms with Gasteiger partial charge in [-0.15, -0.1) is 0 Å². The number of aliphatic carboxylic acids is 1. The maximum Gasteiger partial charge on any atom is 0.326 e. The van der Waals surface area contributed by atoms with Gasteiger partial charge in [-0.2, -0.15) is 0 Å². The van der Waals surface area contributed by atoms with E-state index in [0.29, 0.717) is 6.42 Å². The molecular weight excluding hydrogens is 378 g/mol. The van der Waals surface area contributed by atoms with E-state index in [2.05, 4.69) is 25.2 Å². The lowest BCUT2D eigenvalue weighted by atomic mass is 10.0. The smallest absolute Gasteiger partial charge is 0.326 e. The summed E-state index contributed by atoms with van der Waals surface area (Å²) in [7, 11) is 0. The number of carboxylic acid groups (broad SMARTS) is 1. The first-order valence-electron chi connectivity index (χ1n) is 10.2. The summed E-state index contributed by atoms with van der Waals surface area (Å²) < 4.78 is 1.91. The number of hydrogen-bond acceptors (Lipinski definition) is 3. The number of hydrogen-bond donors (Lipinski definition) is 2. The van der Waals surface area contributed by atoms with Crippen molar-refractivity contribution in [2.24, 2.45) is 5.92 Å². The average Bonchev–Trinajstić information content (AvgIpc) is 3.00. The third kappa shape index (κ3) is 4.70. The number of nitrogens with one attached hydrogen (secondary N) is 1. The van der Waals surface area contributed by atoms with Crippen molar-refractivity contribution in [2.45, 2.75) is 53.5 Å². The SMILES string of the molecule is Cc1ccn2c(CC(=O)NC(CC(C)C)C(=O)O)c(-c3ccc(C)c(C)c3)nc2c1. The lowest BCUT2D eigenvalue weighted by molar-refractivity contribution is -0.142. The highest BCUT2D eigenvalue weighted by atomic mass is 16.4. The highest BCUT2D eigenvalue weighted by Gasteiger charge is 2.23. The van der Waals surface area contributed by atoms with Gasteiger partial charge < -0.3 is 14.8 Å². The number of aryl methyl sites for hydroxylation is 3. The number of imidazole rings is 1. The quantitative estimate of drug-likeness (QED) is 0.618. The molecular formula is C24H29N3O3. The zero-order valence-corrected chi connectivity index (χ0v) is 18.2. The summed E-state index contributed by atoms with van der Waals surface area (Å²) in [4.78, 5) is 29.2. The number of aromatic nitrogens is 2. The largest absolute Gasteiger partial charge is 0.480 e. The lowest BCUT2D eigenvalue weighted by Crippen LogP contribution is -2.42. The van der Waals surface area contributed by atoms with E-state index < -0.39 is 12.0 Å². The minimum atomic E-state index is -1.01. The number of carbonyl (C=O) groups excluding carboxylic acids is 1. The van der Waals surface area contributed by atoms with Crippen LogP contribution in [0.15, 0.2) is 36.5 Å². The van der Waals surface area contributed by atoms with E-state index in [4.69, 9.17) is 4.98 Å². The van der Waals surface area contributed by atoms with Gasteiger partial charge in [0.1, 0.15) is 11.7 Å². The van der Waals surface area contributed by atoms with Gasteiger partial charge in [-0.05, 0) is 68.0 Å². The second kappa shape index (κ2) is 8.69. The minimum absolute atomic E-state index is 0.0500. The minimum Gasteiger partial charge on any atom is -0.480 e. The van der Waals surface area contributed by atoms with Gasteiger partial charge in [0.2, 0.25) is 5.91 Å². The fourth-order valence-corrected chi connectivity index (χ4v) is 3.58. The van der Waals surface area contributed by atoms with Crippen molar-refractivity contribution in [2.75, 3.05) is 0 Å². The number of carbonyl (C=O) groups is 2. The van der Waals surface area contributed by atoms with Crippen LogP contribution in [0.2, 0.25) is 0 Å². The number of nitrogens with zero attached hydrogens (tertiary/aromatic N) is 2. The molecule has 2 N–H and O–H groups in total. The van der Waals surface area contributed by atoms with E-state index in [9.17, 15) is 14.7 Å². The van der Waals surface area contributed by atoms with E-state index >= 15 is 0 Å². The molecule has 0 radical (unpaired) electrons. The van der Waals surface area contributed by atoms with Crippen molar-refractivity contribution >= 4 is 17.5 Å². The van der Waals surface area contributed by atoms with Gasteiger partial charge in [-0.3, -0.25) is 4.79 Å². The van der Waals surface area contributed by atoms with Crippen molar-refractivity contribution < 1.29 is 14.7 Å². The Labute approximate surface area is 177 Å². The van der Waals surface area contributed by atoms with Gasteiger partial charge in [-0.1, -0.05) is 26.0 Å². The average molecular weight is 408 g/mol. The molecule has 0 bridgehead atoms. The van der Waals surface area contributed by atoms with Crippen molar-refractivity contribution in [3.8, 4) is 11.3 Å². The molecule has 3 rings (SSSR count). The molecule has 0 saturated carbocycles. The van der Waals surface area contributed by atoms with Gasteiger partial charge >= 0.3 is 5.97 Å². The fraction of sp³-hybridized carbons (Fsp3) is 0.375. The summed E-state index contributed by atoms with van der Waals surface area (Å²) >= 11 is 0. The van der Waals surface area contributed by atoms with Crippen LogP contribution in [0.3, 0.4) is 0 Å². The zero-order chi connectivity index (χ0) is 22.0. The number of amides is 1. The zero-order valence-electron chi connectivity index (χ0n) is 18.2. The van der Waals surface area contributed by atoms with Crippen LogP contribution in [0.25, 0.3) is 16.9 Å². The Morgan fingerprint density at radius 2 is 1.83 bits per heavy atom. The Morgan fingerprint density at radius 3 is 2.47 bits per heavy atom. The molecule has 6 heteroatoms. The molecule has 2 aromatic heterocycles. The number of pyridine rings is 1. The maximum atomic E-state index is 12.8.